The molecule has 1 fully saturated rings. The minimum absolute atomic E-state index is 0.0635. The molecule has 2 aliphatic heterocycles. The van der Waals surface area contributed by atoms with Crippen molar-refractivity contribution in [1.82, 2.24) is 15.2 Å². The van der Waals surface area contributed by atoms with Crippen LogP contribution in [0.25, 0.3) is 5.57 Å². The van der Waals surface area contributed by atoms with Crippen LogP contribution in [0.1, 0.15) is 34.5 Å². The highest BCUT2D eigenvalue weighted by atomic mass is 19.1. The Hall–Kier alpha value is -3.40. The molecule has 2 N–H and O–H groups in total. The van der Waals surface area contributed by atoms with Crippen molar-refractivity contribution in [2.75, 3.05) is 40.5 Å². The number of aliphatic hydroxyl groups is 1. The van der Waals surface area contributed by atoms with Gasteiger partial charge in [0.05, 0.1) is 25.0 Å². The van der Waals surface area contributed by atoms with Gasteiger partial charge in [0, 0.05) is 32.2 Å². The van der Waals surface area contributed by atoms with Crippen molar-refractivity contribution in [3.05, 3.63) is 76.4 Å². The van der Waals surface area contributed by atoms with Gasteiger partial charge in [0.15, 0.2) is 12.0 Å². The normalized spacial score (nSPS) is 20.0. The summed E-state index contributed by atoms with van der Waals surface area (Å²) in [6.07, 6.45) is 2.22. The molecule has 0 amide bonds. The number of carbonyl (C=O) groups is 2. The minimum atomic E-state index is -1.01. The fourth-order valence-electron chi connectivity index (χ4n) is 4.95. The lowest BCUT2D eigenvalue weighted by Gasteiger charge is -2.39. The third-order valence-corrected chi connectivity index (χ3v) is 6.86. The number of allylic oxidation sites excluding steroid dienone is 3. The van der Waals surface area contributed by atoms with Crippen LogP contribution in [0.4, 0.5) is 4.39 Å². The van der Waals surface area contributed by atoms with E-state index in [1.165, 1.54) is 20.3 Å². The third-order valence-electron chi connectivity index (χ3n) is 6.86. The van der Waals surface area contributed by atoms with E-state index in [9.17, 15) is 19.1 Å². The zero-order chi connectivity index (χ0) is 26.5. The highest BCUT2D eigenvalue weighted by Gasteiger charge is 2.40. The van der Waals surface area contributed by atoms with E-state index in [-0.39, 0.29) is 42.0 Å². The molecule has 0 bridgehead atoms. The number of aliphatic hydroxyl groups excluding tert-OH is 1. The Morgan fingerprint density at radius 3 is 2.68 bits per heavy atom. The first-order valence-corrected chi connectivity index (χ1v) is 12.3. The number of piperidine rings is 1. The molecule has 0 radical (unpaired) electrons. The molecule has 9 heteroatoms. The number of nitrogens with zero attached hydrogens (tertiary/aromatic N) is 2. The number of β-amino-alcohol motifs (C(OH)–C–C–N with tert-alkyl or cyclic N) is 1. The van der Waals surface area contributed by atoms with Crippen molar-refractivity contribution in [3.63, 3.8) is 0 Å². The van der Waals surface area contributed by atoms with Crippen molar-refractivity contribution in [2.45, 2.75) is 26.0 Å². The van der Waals surface area contributed by atoms with Crippen molar-refractivity contribution in [3.8, 4) is 5.88 Å². The molecule has 1 saturated heterocycles. The Balaban J connectivity index is 1.96. The second kappa shape index (κ2) is 11.8. The molecule has 1 aromatic carbocycles. The SMILES string of the molecule is COc1cccc(C(=O)C2=C(c3cccc(F)c3C)C=C(C(=O)C3CCCNC3)N(CCO)C2OC)n1. The predicted molar refractivity (Wildman–Crippen MR) is 136 cm³/mol. The summed E-state index contributed by atoms with van der Waals surface area (Å²) in [6, 6.07) is 9.49. The summed E-state index contributed by atoms with van der Waals surface area (Å²) in [5.74, 6) is -0.982. The fraction of sp³-hybridized carbons (Fsp3) is 0.393. The van der Waals surface area contributed by atoms with E-state index in [1.807, 2.05) is 0 Å². The lowest BCUT2D eigenvalue weighted by atomic mass is 9.85. The quantitative estimate of drug-likeness (QED) is 0.498. The summed E-state index contributed by atoms with van der Waals surface area (Å²) in [4.78, 5) is 33.7. The molecule has 37 heavy (non-hydrogen) atoms. The average molecular weight is 510 g/mol. The number of hydrogen-bond acceptors (Lipinski definition) is 8. The molecule has 0 saturated carbocycles. The number of Topliss-reactive ketones (excluding diaryl/α,β-unsaturated/α-hetero) is 2. The summed E-state index contributed by atoms with van der Waals surface area (Å²) < 4.78 is 25.7. The molecular weight excluding hydrogens is 477 g/mol. The third kappa shape index (κ3) is 5.34. The van der Waals surface area contributed by atoms with Gasteiger partial charge in [-0.2, -0.15) is 0 Å². The van der Waals surface area contributed by atoms with Crippen LogP contribution < -0.4 is 10.1 Å². The largest absolute Gasteiger partial charge is 0.481 e. The Morgan fingerprint density at radius 1 is 1.22 bits per heavy atom. The summed E-state index contributed by atoms with van der Waals surface area (Å²) in [5.41, 5.74) is 1.84. The number of methoxy groups -OCH3 is 2. The maximum Gasteiger partial charge on any atom is 0.213 e. The van der Waals surface area contributed by atoms with Gasteiger partial charge >= 0.3 is 0 Å². The highest BCUT2D eigenvalue weighted by Crippen LogP contribution is 2.38. The van der Waals surface area contributed by atoms with E-state index in [4.69, 9.17) is 9.47 Å². The number of ketones is 2. The van der Waals surface area contributed by atoms with Crippen LogP contribution in [0.5, 0.6) is 5.88 Å². The van der Waals surface area contributed by atoms with Gasteiger partial charge in [0.2, 0.25) is 11.7 Å². The topological polar surface area (TPSA) is 101 Å². The van der Waals surface area contributed by atoms with Gasteiger partial charge in [0.25, 0.3) is 0 Å². The van der Waals surface area contributed by atoms with Gasteiger partial charge in [-0.05, 0) is 61.2 Å². The Labute approximate surface area is 215 Å². The number of benzene rings is 1. The molecule has 2 aliphatic rings. The van der Waals surface area contributed by atoms with E-state index in [0.717, 1.165) is 19.4 Å². The van der Waals surface area contributed by atoms with E-state index < -0.39 is 17.8 Å². The second-order valence-electron chi connectivity index (χ2n) is 9.08. The van der Waals surface area contributed by atoms with Crippen molar-refractivity contribution >= 4 is 17.1 Å². The first-order valence-electron chi connectivity index (χ1n) is 12.3. The van der Waals surface area contributed by atoms with Crippen molar-refractivity contribution in [2.24, 2.45) is 5.92 Å². The molecular formula is C28H32FN3O5. The van der Waals surface area contributed by atoms with Crippen LogP contribution in [0.2, 0.25) is 0 Å². The zero-order valence-electron chi connectivity index (χ0n) is 21.3. The number of nitrogens with one attached hydrogen (secondary N) is 1. The molecule has 196 valence electrons. The van der Waals surface area contributed by atoms with E-state index >= 15 is 0 Å². The molecule has 2 aromatic rings. The van der Waals surface area contributed by atoms with Gasteiger partial charge < -0.3 is 24.8 Å². The first kappa shape index (κ1) is 26.7. The smallest absolute Gasteiger partial charge is 0.213 e. The highest BCUT2D eigenvalue weighted by molar-refractivity contribution is 6.16. The number of ether oxygens (including phenoxy) is 2. The van der Waals surface area contributed by atoms with E-state index in [2.05, 4.69) is 10.3 Å². The fourth-order valence-corrected chi connectivity index (χ4v) is 4.95. The van der Waals surface area contributed by atoms with Gasteiger partial charge in [-0.15, -0.1) is 0 Å². The van der Waals surface area contributed by atoms with Crippen LogP contribution in [0.3, 0.4) is 0 Å². The number of pyridine rings is 1. The van der Waals surface area contributed by atoms with Gasteiger partial charge in [-0.1, -0.05) is 18.2 Å². The van der Waals surface area contributed by atoms with Crippen LogP contribution in [-0.4, -0.2) is 73.2 Å². The predicted octanol–water partition coefficient (Wildman–Crippen LogP) is 2.91. The van der Waals surface area contributed by atoms with Crippen LogP contribution in [-0.2, 0) is 9.53 Å². The number of rotatable bonds is 9. The standard InChI is InChI=1S/C28H32FN3O5/c1-17-19(8-4-9-21(17)29)20-15-23(26(34)18-7-6-12-30-16-18)32(13-14-33)28(37-3)25(20)27(35)22-10-5-11-24(31-22)36-2/h4-5,8-11,15,18,28,30,33H,6-7,12-14,16H2,1-3H3. The number of hydrogen-bond donors (Lipinski definition) is 2. The second-order valence-corrected chi connectivity index (χ2v) is 9.08. The Kier molecular flexibility index (Phi) is 8.48. The molecule has 0 aliphatic carbocycles. The molecule has 3 heterocycles. The summed E-state index contributed by atoms with van der Waals surface area (Å²) in [7, 11) is 2.90. The molecule has 4 rings (SSSR count). The molecule has 1 aromatic heterocycles. The van der Waals surface area contributed by atoms with Crippen molar-refractivity contribution in [1.29, 1.82) is 0 Å². The zero-order valence-corrected chi connectivity index (χ0v) is 21.3. The van der Waals surface area contributed by atoms with Crippen LogP contribution in [0.15, 0.2) is 53.7 Å². The maximum absolute atomic E-state index is 14.7. The first-order chi connectivity index (χ1) is 17.9. The van der Waals surface area contributed by atoms with Gasteiger partial charge in [-0.25, -0.2) is 9.37 Å². The van der Waals surface area contributed by atoms with Gasteiger partial charge in [0.1, 0.15) is 11.5 Å². The number of aromatic nitrogens is 1. The average Bonchev–Trinajstić information content (AvgIpc) is 2.94. The number of carbonyl (C=O) groups excluding carboxylic acids is 2. The van der Waals surface area contributed by atoms with Crippen LogP contribution in [0, 0.1) is 18.7 Å². The molecule has 8 nitrogen and oxygen atoms in total. The van der Waals surface area contributed by atoms with E-state index in [1.54, 1.807) is 48.2 Å². The summed E-state index contributed by atoms with van der Waals surface area (Å²) in [5, 5.41) is 13.2. The Bertz CT molecular complexity index is 1240. The monoisotopic (exact) mass is 509 g/mol. The van der Waals surface area contributed by atoms with Crippen molar-refractivity contribution < 1.29 is 28.6 Å². The molecule has 0 spiro atoms. The summed E-state index contributed by atoms with van der Waals surface area (Å²) >= 11 is 0. The molecule has 2 atom stereocenters. The van der Waals surface area contributed by atoms with Gasteiger partial charge in [-0.3, -0.25) is 9.59 Å². The lowest BCUT2D eigenvalue weighted by Crippen LogP contribution is -2.48. The van der Waals surface area contributed by atoms with E-state index in [0.29, 0.717) is 28.9 Å². The molecule has 2 unspecified atom stereocenters. The lowest BCUT2D eigenvalue weighted by molar-refractivity contribution is -0.123. The minimum Gasteiger partial charge on any atom is -0.481 e. The summed E-state index contributed by atoms with van der Waals surface area (Å²) in [6.45, 7) is 2.82. The Morgan fingerprint density at radius 2 is 2.00 bits per heavy atom. The van der Waals surface area contributed by atoms with Crippen LogP contribution >= 0.6 is 0 Å². The maximum atomic E-state index is 14.7. The number of halogens is 1.